The molecule has 11 heteroatoms. The number of methoxy groups -OCH3 is 1. The van der Waals surface area contributed by atoms with Crippen molar-refractivity contribution in [2.24, 2.45) is 14.1 Å². The topological polar surface area (TPSA) is 140 Å². The van der Waals surface area contributed by atoms with E-state index in [4.69, 9.17) is 9.72 Å². The Balaban J connectivity index is 1.67. The molecule has 208 valence electrons. The van der Waals surface area contributed by atoms with Crippen LogP contribution in [-0.4, -0.2) is 58.3 Å². The molecule has 1 aromatic carbocycles. The number of nitrogens with one attached hydrogen (secondary N) is 1. The maximum Gasteiger partial charge on any atom is 0.329 e. The molecular formula is C29H32N6O5. The molecule has 0 spiro atoms. The van der Waals surface area contributed by atoms with E-state index in [9.17, 15) is 19.8 Å². The summed E-state index contributed by atoms with van der Waals surface area (Å²) in [7, 11) is 5.14. The molecule has 1 aliphatic rings. The molecule has 4 heterocycles. The third kappa shape index (κ3) is 4.08. The Hall–Kier alpha value is -4.38. The number of aliphatic hydroxyl groups excluding tert-OH is 1. The maximum absolute atomic E-state index is 13.6. The largest absolute Gasteiger partial charge is 0.481 e. The molecule has 1 fully saturated rings. The van der Waals surface area contributed by atoms with E-state index < -0.39 is 12.1 Å². The van der Waals surface area contributed by atoms with Crippen molar-refractivity contribution in [2.75, 3.05) is 7.11 Å². The van der Waals surface area contributed by atoms with Crippen LogP contribution in [-0.2, 0) is 18.9 Å². The molecule has 3 N–H and O–H groups in total. The second kappa shape index (κ2) is 9.67. The number of aliphatic carboxylic acids is 1. The predicted molar refractivity (Wildman–Crippen MR) is 151 cm³/mol. The minimum absolute atomic E-state index is 0.0403. The monoisotopic (exact) mass is 544 g/mol. The Bertz CT molecular complexity index is 1810. The summed E-state index contributed by atoms with van der Waals surface area (Å²) in [6, 6.07) is 7.73. The summed E-state index contributed by atoms with van der Waals surface area (Å²) in [6.07, 6.45) is 5.06. The summed E-state index contributed by atoms with van der Waals surface area (Å²) in [5.74, 6) is -0.539. The van der Waals surface area contributed by atoms with Crippen LogP contribution in [0.4, 0.5) is 0 Å². The molecule has 11 nitrogen and oxygen atoms in total. The SMILES string of the molecule is COc1nn(C)cc1-c1[nH]c2ncc3c(c2c1-c1ccc([C@H](C)CC(=O)O)cc1)n([C@H]1CC[C@H](O)C1)c(=O)n3C. The first-order chi connectivity index (χ1) is 19.2. The lowest BCUT2D eigenvalue weighted by atomic mass is 9.93. The lowest BCUT2D eigenvalue weighted by Crippen LogP contribution is -2.25. The number of benzene rings is 1. The van der Waals surface area contributed by atoms with Crippen molar-refractivity contribution >= 4 is 28.0 Å². The van der Waals surface area contributed by atoms with Gasteiger partial charge in [0.25, 0.3) is 0 Å². The number of carbonyl (C=O) groups is 1. The van der Waals surface area contributed by atoms with Crippen molar-refractivity contribution in [2.45, 2.75) is 50.7 Å². The summed E-state index contributed by atoms with van der Waals surface area (Å²) in [5.41, 5.74) is 6.08. The van der Waals surface area contributed by atoms with E-state index in [1.54, 1.807) is 29.6 Å². The second-order valence-electron chi connectivity index (χ2n) is 10.8. The highest BCUT2D eigenvalue weighted by atomic mass is 16.5. The average molecular weight is 545 g/mol. The van der Waals surface area contributed by atoms with Crippen LogP contribution >= 0.6 is 0 Å². The molecular weight excluding hydrogens is 512 g/mol. The molecule has 6 rings (SSSR count). The Morgan fingerprint density at radius 2 is 1.98 bits per heavy atom. The number of aliphatic hydroxyl groups is 1. The minimum Gasteiger partial charge on any atom is -0.481 e. The number of aryl methyl sites for hydroxylation is 2. The maximum atomic E-state index is 13.6. The van der Waals surface area contributed by atoms with Crippen molar-refractivity contribution in [3.8, 4) is 28.3 Å². The number of ether oxygens (including phenoxy) is 1. The zero-order chi connectivity index (χ0) is 28.3. The third-order valence-corrected chi connectivity index (χ3v) is 8.12. The van der Waals surface area contributed by atoms with E-state index in [0.29, 0.717) is 36.3 Å². The Labute approximate surface area is 229 Å². The summed E-state index contributed by atoms with van der Waals surface area (Å²) in [4.78, 5) is 33.1. The van der Waals surface area contributed by atoms with Crippen LogP contribution in [0.2, 0.25) is 0 Å². The van der Waals surface area contributed by atoms with Gasteiger partial charge in [0, 0.05) is 31.9 Å². The van der Waals surface area contributed by atoms with Gasteiger partial charge in [-0.3, -0.25) is 18.6 Å². The standard InChI is InChI=1S/C29H32N6O5/c1-15(11-22(37)38)16-5-7-17(8-6-16)23-24-26-21(34(3)29(39)35(26)18-9-10-19(36)12-18)13-30-27(24)31-25(23)20-14-33(2)32-28(20)40-4/h5-8,13-15,18-19,36H,9-12H2,1-4H3,(H,30,31)(H,37,38)/t15-,18+,19+/m1/s1. The van der Waals surface area contributed by atoms with Crippen LogP contribution in [0.15, 0.2) is 41.5 Å². The highest BCUT2D eigenvalue weighted by Gasteiger charge is 2.31. The minimum atomic E-state index is -0.841. The number of imidazole rings is 1. The Morgan fingerprint density at radius 1 is 1.23 bits per heavy atom. The van der Waals surface area contributed by atoms with Gasteiger partial charge in [-0.1, -0.05) is 31.2 Å². The zero-order valence-corrected chi connectivity index (χ0v) is 22.9. The summed E-state index contributed by atoms with van der Waals surface area (Å²) in [6.45, 7) is 1.90. The number of carboxylic acids is 1. The molecule has 0 amide bonds. The number of aromatic nitrogens is 6. The molecule has 5 aromatic rings. The van der Waals surface area contributed by atoms with Gasteiger partial charge in [-0.2, -0.15) is 0 Å². The van der Waals surface area contributed by atoms with Gasteiger partial charge in [0.2, 0.25) is 5.88 Å². The Morgan fingerprint density at radius 3 is 2.62 bits per heavy atom. The number of rotatable bonds is 7. The lowest BCUT2D eigenvalue weighted by Gasteiger charge is -2.14. The quantitative estimate of drug-likeness (QED) is 0.282. The third-order valence-electron chi connectivity index (χ3n) is 8.12. The van der Waals surface area contributed by atoms with Crippen molar-refractivity contribution in [1.82, 2.24) is 28.9 Å². The van der Waals surface area contributed by atoms with Crippen molar-refractivity contribution < 1.29 is 19.7 Å². The van der Waals surface area contributed by atoms with E-state index >= 15 is 0 Å². The summed E-state index contributed by atoms with van der Waals surface area (Å²) in [5, 5.41) is 24.8. The van der Waals surface area contributed by atoms with Crippen LogP contribution in [0.1, 0.15) is 50.1 Å². The fraction of sp³-hybridized carbons (Fsp3) is 0.379. The molecule has 4 aromatic heterocycles. The number of pyridine rings is 1. The van der Waals surface area contributed by atoms with Crippen LogP contribution in [0.5, 0.6) is 5.88 Å². The van der Waals surface area contributed by atoms with Crippen LogP contribution in [0, 0.1) is 0 Å². The van der Waals surface area contributed by atoms with Gasteiger partial charge in [-0.15, -0.1) is 5.10 Å². The van der Waals surface area contributed by atoms with E-state index in [-0.39, 0.29) is 24.1 Å². The van der Waals surface area contributed by atoms with E-state index in [2.05, 4.69) is 10.1 Å². The van der Waals surface area contributed by atoms with Gasteiger partial charge in [-0.05, 0) is 36.3 Å². The molecule has 40 heavy (non-hydrogen) atoms. The highest BCUT2D eigenvalue weighted by molar-refractivity contribution is 6.14. The van der Waals surface area contributed by atoms with Crippen LogP contribution in [0.25, 0.3) is 44.5 Å². The number of nitrogens with zero attached hydrogens (tertiary/aromatic N) is 5. The summed E-state index contributed by atoms with van der Waals surface area (Å²) < 4.78 is 10.7. The van der Waals surface area contributed by atoms with Gasteiger partial charge < -0.3 is 19.9 Å². The predicted octanol–water partition coefficient (Wildman–Crippen LogP) is 3.96. The fourth-order valence-corrected chi connectivity index (χ4v) is 6.13. The first-order valence-corrected chi connectivity index (χ1v) is 13.4. The smallest absolute Gasteiger partial charge is 0.329 e. The fourth-order valence-electron chi connectivity index (χ4n) is 6.13. The van der Waals surface area contributed by atoms with E-state index in [1.165, 1.54) is 0 Å². The van der Waals surface area contributed by atoms with E-state index in [1.807, 2.05) is 49.0 Å². The van der Waals surface area contributed by atoms with Crippen LogP contribution in [0.3, 0.4) is 0 Å². The number of aromatic amines is 1. The summed E-state index contributed by atoms with van der Waals surface area (Å²) >= 11 is 0. The van der Waals surface area contributed by atoms with Gasteiger partial charge in [-0.25, -0.2) is 9.78 Å². The van der Waals surface area contributed by atoms with Gasteiger partial charge in [0.05, 0.1) is 53.5 Å². The van der Waals surface area contributed by atoms with Crippen molar-refractivity contribution in [3.05, 3.63) is 52.7 Å². The molecule has 1 aliphatic carbocycles. The Kier molecular flexibility index (Phi) is 6.25. The van der Waals surface area contributed by atoms with Gasteiger partial charge in [0.1, 0.15) is 5.65 Å². The van der Waals surface area contributed by atoms with E-state index in [0.717, 1.165) is 38.9 Å². The lowest BCUT2D eigenvalue weighted by molar-refractivity contribution is -0.137. The van der Waals surface area contributed by atoms with Crippen molar-refractivity contribution in [3.63, 3.8) is 0 Å². The molecule has 0 radical (unpaired) electrons. The number of hydrogen-bond acceptors (Lipinski definition) is 6. The van der Waals surface area contributed by atoms with Crippen LogP contribution < -0.4 is 10.4 Å². The van der Waals surface area contributed by atoms with Crippen molar-refractivity contribution in [1.29, 1.82) is 0 Å². The number of hydrogen-bond donors (Lipinski definition) is 3. The number of H-pyrrole nitrogens is 1. The molecule has 0 aliphatic heterocycles. The van der Waals surface area contributed by atoms with Gasteiger partial charge >= 0.3 is 11.7 Å². The number of carboxylic acid groups (broad SMARTS) is 1. The zero-order valence-electron chi connectivity index (χ0n) is 22.9. The molecule has 0 bridgehead atoms. The molecule has 3 atom stereocenters. The normalized spacial score (nSPS) is 18.1. The first kappa shape index (κ1) is 25.9. The molecule has 0 unspecified atom stereocenters. The first-order valence-electron chi connectivity index (χ1n) is 13.4. The highest BCUT2D eigenvalue weighted by Crippen LogP contribution is 2.44. The molecule has 0 saturated heterocycles. The molecule has 1 saturated carbocycles. The van der Waals surface area contributed by atoms with Gasteiger partial charge in [0.15, 0.2) is 0 Å². The average Bonchev–Trinajstić information content (AvgIpc) is 3.68. The second-order valence-corrected chi connectivity index (χ2v) is 10.8. The number of fused-ring (bicyclic) bond motifs is 3.